The van der Waals surface area contributed by atoms with Crippen LogP contribution in [0.1, 0.15) is 33.3 Å². The first kappa shape index (κ1) is 29.7. The molecular formula is C34H32N4O6. The molecule has 0 bridgehead atoms. The van der Waals surface area contributed by atoms with E-state index in [4.69, 9.17) is 18.6 Å². The van der Waals surface area contributed by atoms with Crippen molar-refractivity contribution < 1.29 is 28.2 Å². The second kappa shape index (κ2) is 13.9. The molecule has 5 aromatic rings. The molecule has 2 amide bonds. The molecule has 44 heavy (non-hydrogen) atoms. The van der Waals surface area contributed by atoms with Crippen LogP contribution in [0, 0.1) is 13.8 Å². The molecule has 0 unspecified atom stereocenters. The van der Waals surface area contributed by atoms with Crippen LogP contribution in [-0.4, -0.2) is 36.3 Å². The number of benzene rings is 3. The number of amides is 2. The standard InChI is InChI=1S/C34H32N4O6/c1-23-12-13-24(2)38(23)27-14-16-28(17-15-27)42-21-29-18-19-31(44-29)34(40)37-35-20-25-8-7-11-30(41-3)33(25)43-22-32(39)36-26-9-5-4-6-10-26/h4-20H,21-22H2,1-3H3,(H,36,39)(H,37,40). The Hall–Kier alpha value is -5.77. The van der Waals surface area contributed by atoms with Crippen LogP contribution in [0.3, 0.4) is 0 Å². The Morgan fingerprint density at radius 1 is 0.864 bits per heavy atom. The van der Waals surface area contributed by atoms with Gasteiger partial charge in [-0.25, -0.2) is 5.43 Å². The number of nitrogens with one attached hydrogen (secondary N) is 2. The van der Waals surface area contributed by atoms with Crippen molar-refractivity contribution in [1.29, 1.82) is 0 Å². The van der Waals surface area contributed by atoms with Gasteiger partial charge in [0.15, 0.2) is 23.9 Å². The van der Waals surface area contributed by atoms with Gasteiger partial charge in [-0.2, -0.15) is 5.10 Å². The van der Waals surface area contributed by atoms with Crippen LogP contribution in [0.2, 0.25) is 0 Å². The van der Waals surface area contributed by atoms with Crippen LogP contribution in [0.4, 0.5) is 5.69 Å². The van der Waals surface area contributed by atoms with E-state index in [1.54, 1.807) is 42.5 Å². The third-order valence-electron chi connectivity index (χ3n) is 6.64. The molecule has 0 atom stereocenters. The Morgan fingerprint density at radius 2 is 1.61 bits per heavy atom. The summed E-state index contributed by atoms with van der Waals surface area (Å²) < 4.78 is 24.8. The highest BCUT2D eigenvalue weighted by Crippen LogP contribution is 2.30. The topological polar surface area (TPSA) is 116 Å². The molecule has 2 heterocycles. The quantitative estimate of drug-likeness (QED) is 0.134. The van der Waals surface area contributed by atoms with Gasteiger partial charge in [-0.05, 0) is 86.6 Å². The number of furan rings is 1. The first-order valence-electron chi connectivity index (χ1n) is 13.9. The molecule has 0 aliphatic rings. The van der Waals surface area contributed by atoms with Gasteiger partial charge < -0.3 is 28.5 Å². The SMILES string of the molecule is COc1cccc(C=NNC(=O)c2ccc(COc3ccc(-n4c(C)ccc4C)cc3)o2)c1OCC(=O)Nc1ccccc1. The number of hydrogen-bond acceptors (Lipinski definition) is 7. The number of aryl methyl sites for hydroxylation is 2. The summed E-state index contributed by atoms with van der Waals surface area (Å²) in [6.45, 7) is 4.03. The summed E-state index contributed by atoms with van der Waals surface area (Å²) in [6, 6.07) is 29.4. The van der Waals surface area contributed by atoms with Gasteiger partial charge in [0, 0.05) is 28.3 Å². The number of anilines is 1. The number of nitrogens with zero attached hydrogens (tertiary/aromatic N) is 2. The Kier molecular flexibility index (Phi) is 9.41. The van der Waals surface area contributed by atoms with Crippen molar-refractivity contribution in [3.63, 3.8) is 0 Å². The van der Waals surface area contributed by atoms with Gasteiger partial charge in [-0.1, -0.05) is 24.3 Å². The van der Waals surface area contributed by atoms with Crippen LogP contribution < -0.4 is 25.0 Å². The summed E-state index contributed by atoms with van der Waals surface area (Å²) >= 11 is 0. The second-order valence-electron chi connectivity index (χ2n) is 9.78. The highest BCUT2D eigenvalue weighted by molar-refractivity contribution is 5.94. The molecule has 10 nitrogen and oxygen atoms in total. The predicted octanol–water partition coefficient (Wildman–Crippen LogP) is 6.06. The van der Waals surface area contributed by atoms with Gasteiger partial charge in [0.2, 0.25) is 0 Å². The monoisotopic (exact) mass is 592 g/mol. The summed E-state index contributed by atoms with van der Waals surface area (Å²) in [7, 11) is 1.49. The number of aromatic nitrogens is 1. The summed E-state index contributed by atoms with van der Waals surface area (Å²) in [5, 5.41) is 6.80. The van der Waals surface area contributed by atoms with Crippen LogP contribution in [-0.2, 0) is 11.4 Å². The molecule has 0 spiro atoms. The molecule has 2 aromatic heterocycles. The molecule has 0 radical (unpaired) electrons. The molecule has 0 aliphatic heterocycles. The second-order valence-corrected chi connectivity index (χ2v) is 9.78. The maximum atomic E-state index is 12.7. The fourth-order valence-corrected chi connectivity index (χ4v) is 4.52. The van der Waals surface area contributed by atoms with E-state index in [0.29, 0.717) is 34.3 Å². The molecule has 224 valence electrons. The molecule has 0 saturated heterocycles. The fourth-order valence-electron chi connectivity index (χ4n) is 4.52. The van der Waals surface area contributed by atoms with Crippen molar-refractivity contribution in [3.05, 3.63) is 126 Å². The summed E-state index contributed by atoms with van der Waals surface area (Å²) in [5.41, 5.74) is 6.96. The van der Waals surface area contributed by atoms with E-state index in [-0.39, 0.29) is 24.9 Å². The number of hydrazone groups is 1. The van der Waals surface area contributed by atoms with Crippen molar-refractivity contribution >= 4 is 23.7 Å². The van der Waals surface area contributed by atoms with Gasteiger partial charge in [-0.15, -0.1) is 0 Å². The molecular weight excluding hydrogens is 560 g/mol. The molecule has 10 heteroatoms. The first-order valence-corrected chi connectivity index (χ1v) is 13.9. The van der Waals surface area contributed by atoms with Gasteiger partial charge in [0.1, 0.15) is 18.1 Å². The Morgan fingerprint density at radius 3 is 2.34 bits per heavy atom. The van der Waals surface area contributed by atoms with Crippen LogP contribution in [0.25, 0.3) is 5.69 Å². The Balaban J connectivity index is 1.15. The van der Waals surface area contributed by atoms with Crippen molar-refractivity contribution in [2.75, 3.05) is 19.0 Å². The van der Waals surface area contributed by atoms with Gasteiger partial charge in [0.05, 0.1) is 13.3 Å². The highest BCUT2D eigenvalue weighted by Gasteiger charge is 2.14. The Bertz CT molecular complexity index is 1740. The van der Waals surface area contributed by atoms with E-state index in [9.17, 15) is 9.59 Å². The summed E-state index contributed by atoms with van der Waals surface area (Å²) in [5.74, 6) is 1.08. The number of hydrogen-bond donors (Lipinski definition) is 2. The minimum absolute atomic E-state index is 0.0781. The number of carbonyl (C=O) groups excluding carboxylic acids is 2. The van der Waals surface area contributed by atoms with Crippen molar-refractivity contribution in [2.45, 2.75) is 20.5 Å². The van der Waals surface area contributed by atoms with Gasteiger partial charge >= 0.3 is 5.91 Å². The van der Waals surface area contributed by atoms with Crippen LogP contribution >= 0.6 is 0 Å². The van der Waals surface area contributed by atoms with Crippen LogP contribution in [0.15, 0.2) is 107 Å². The number of para-hydroxylation sites is 2. The molecule has 5 rings (SSSR count). The zero-order valence-corrected chi connectivity index (χ0v) is 24.6. The van der Waals surface area contributed by atoms with Crippen molar-refractivity contribution in [3.8, 4) is 22.9 Å². The molecule has 2 N–H and O–H groups in total. The summed E-state index contributed by atoms with van der Waals surface area (Å²) in [6.07, 6.45) is 1.40. The molecule has 0 fully saturated rings. The predicted molar refractivity (Wildman–Crippen MR) is 167 cm³/mol. The maximum Gasteiger partial charge on any atom is 0.307 e. The lowest BCUT2D eigenvalue weighted by molar-refractivity contribution is -0.118. The van der Waals surface area contributed by atoms with Crippen molar-refractivity contribution in [2.24, 2.45) is 5.10 Å². The smallest absolute Gasteiger partial charge is 0.307 e. The molecule has 0 aliphatic carbocycles. The first-order chi connectivity index (χ1) is 21.4. The number of carbonyl (C=O) groups is 2. The van der Waals surface area contributed by atoms with Gasteiger partial charge in [0.25, 0.3) is 5.91 Å². The zero-order chi connectivity index (χ0) is 30.9. The average molecular weight is 593 g/mol. The average Bonchev–Trinajstić information content (AvgIpc) is 3.65. The zero-order valence-electron chi connectivity index (χ0n) is 24.6. The lowest BCUT2D eigenvalue weighted by atomic mass is 10.2. The highest BCUT2D eigenvalue weighted by atomic mass is 16.5. The van der Waals surface area contributed by atoms with E-state index in [2.05, 4.69) is 46.4 Å². The number of methoxy groups -OCH3 is 1. The third-order valence-corrected chi connectivity index (χ3v) is 6.64. The van der Waals surface area contributed by atoms with E-state index >= 15 is 0 Å². The lowest BCUT2D eigenvalue weighted by Gasteiger charge is -2.13. The van der Waals surface area contributed by atoms with E-state index in [0.717, 1.165) is 17.1 Å². The molecule has 3 aromatic carbocycles. The van der Waals surface area contributed by atoms with Gasteiger partial charge in [-0.3, -0.25) is 9.59 Å². The van der Waals surface area contributed by atoms with Crippen molar-refractivity contribution in [1.82, 2.24) is 9.99 Å². The normalized spacial score (nSPS) is 10.9. The molecule has 0 saturated carbocycles. The largest absolute Gasteiger partial charge is 0.493 e. The minimum atomic E-state index is -0.540. The van der Waals surface area contributed by atoms with Crippen LogP contribution in [0.5, 0.6) is 17.2 Å². The van der Waals surface area contributed by atoms with E-state index in [1.165, 1.54) is 13.3 Å². The Labute approximate surface area is 254 Å². The lowest BCUT2D eigenvalue weighted by Crippen LogP contribution is -2.21. The fraction of sp³-hybridized carbons (Fsp3) is 0.147. The third kappa shape index (κ3) is 7.35. The van der Waals surface area contributed by atoms with E-state index < -0.39 is 5.91 Å². The maximum absolute atomic E-state index is 12.7. The number of rotatable bonds is 12. The summed E-state index contributed by atoms with van der Waals surface area (Å²) in [4.78, 5) is 25.0. The number of ether oxygens (including phenoxy) is 3. The van der Waals surface area contributed by atoms with E-state index in [1.807, 2.05) is 42.5 Å². The minimum Gasteiger partial charge on any atom is -0.493 e.